The molecule has 2 aromatic heterocycles. The molecule has 0 fully saturated rings. The van der Waals surface area contributed by atoms with Gasteiger partial charge in [0, 0.05) is 74.0 Å². The number of benzene rings is 1. The van der Waals surface area contributed by atoms with Gasteiger partial charge in [-0.2, -0.15) is 0 Å². The molecule has 3 aromatic rings. The summed E-state index contributed by atoms with van der Waals surface area (Å²) in [6.45, 7) is 30.7. The fourth-order valence-electron chi connectivity index (χ4n) is 7.78. The molecule has 9 nitrogen and oxygen atoms in total. The Kier molecular flexibility index (Phi) is 18.0. The lowest BCUT2D eigenvalue weighted by atomic mass is 9.83. The molecular formula is C47H70O9Si. The van der Waals surface area contributed by atoms with Gasteiger partial charge >= 0.3 is 5.97 Å². The van der Waals surface area contributed by atoms with Crippen molar-refractivity contribution in [2.75, 3.05) is 13.4 Å². The van der Waals surface area contributed by atoms with Crippen LogP contribution < -0.4 is 10.9 Å². The molecule has 316 valence electrons. The molecule has 0 saturated heterocycles. The SMILES string of the molecule is CCc1oc([C@H](C)[C@H](OCc2ccccc2)[C@@H](C)[C@H](OC(C)=O)/C(C)=C/[C@@H](C)c2oc([C@@H](C)[C@H](CC)OCOCC[Si](C)(C)C)c(C)c(=O)c2C)c(C)c(=O)c1C. The smallest absolute Gasteiger partial charge is 0.303 e. The first kappa shape index (κ1) is 47.8. The Hall–Kier alpha value is -3.57. The van der Waals surface area contributed by atoms with Crippen LogP contribution in [0.5, 0.6) is 0 Å². The average molecular weight is 807 g/mol. The van der Waals surface area contributed by atoms with E-state index in [2.05, 4.69) is 26.6 Å². The Balaban J connectivity index is 2.03. The number of esters is 1. The van der Waals surface area contributed by atoms with E-state index < -0.39 is 26.3 Å². The number of hydrogen-bond acceptors (Lipinski definition) is 9. The maximum atomic E-state index is 13.7. The molecule has 0 radical (unpaired) electrons. The molecule has 57 heavy (non-hydrogen) atoms. The van der Waals surface area contributed by atoms with Crippen LogP contribution in [-0.4, -0.2) is 45.8 Å². The molecule has 0 aliphatic carbocycles. The predicted octanol–water partition coefficient (Wildman–Crippen LogP) is 10.6. The second kappa shape index (κ2) is 21.4. The topological polar surface area (TPSA) is 114 Å². The van der Waals surface area contributed by atoms with Gasteiger partial charge in [-0.05, 0) is 58.2 Å². The molecule has 10 heteroatoms. The van der Waals surface area contributed by atoms with Crippen molar-refractivity contribution in [1.29, 1.82) is 0 Å². The summed E-state index contributed by atoms with van der Waals surface area (Å²) < 4.78 is 38.0. The van der Waals surface area contributed by atoms with E-state index in [-0.39, 0.29) is 47.4 Å². The van der Waals surface area contributed by atoms with Gasteiger partial charge in [-0.25, -0.2) is 0 Å². The van der Waals surface area contributed by atoms with E-state index in [0.717, 1.165) is 23.6 Å². The maximum absolute atomic E-state index is 13.7. The van der Waals surface area contributed by atoms with Crippen LogP contribution in [0.15, 0.2) is 60.4 Å². The predicted molar refractivity (Wildman–Crippen MR) is 231 cm³/mol. The first-order chi connectivity index (χ1) is 26.7. The molecule has 2 heterocycles. The molecule has 0 amide bonds. The Bertz CT molecular complexity index is 1920. The van der Waals surface area contributed by atoms with Gasteiger partial charge in [0.05, 0.1) is 18.8 Å². The van der Waals surface area contributed by atoms with Gasteiger partial charge in [0.15, 0.2) is 10.9 Å². The van der Waals surface area contributed by atoms with Crippen LogP contribution in [0.3, 0.4) is 0 Å². The van der Waals surface area contributed by atoms with Crippen molar-refractivity contribution in [3.8, 4) is 0 Å². The molecule has 0 spiro atoms. The third-order valence-electron chi connectivity index (χ3n) is 11.3. The Labute approximate surface area is 342 Å². The van der Waals surface area contributed by atoms with Gasteiger partial charge in [0.1, 0.15) is 35.9 Å². The number of carbonyl (C=O) groups is 1. The zero-order chi connectivity index (χ0) is 42.8. The monoisotopic (exact) mass is 806 g/mol. The van der Waals surface area contributed by atoms with Crippen LogP contribution in [0.1, 0.15) is 130 Å². The standard InChI is InChI=1S/C47H70O9Si/c1-16-39(53-27-51-23-24-57(13,14)15)31(6)46-34(9)42(50)32(7)43(56-46)28(3)25-29(4)44(54-37(12)48)35(10)45(52-26-38-21-19-18-20-22-38)36(11)47-33(8)41(49)30(5)40(17-2)55-47/h18-22,25,28,31,35-36,39,44-45H,16-17,23-24,26-27H2,1-15H3/b29-25+/t28-,31+,35+,36-,39+,44-,45-/m1/s1. The van der Waals surface area contributed by atoms with E-state index in [1.165, 1.54) is 6.92 Å². The minimum absolute atomic E-state index is 0.0397. The molecular weight excluding hydrogens is 737 g/mol. The molecule has 0 aliphatic rings. The number of allylic oxidation sites excluding steroid dienone is 1. The number of rotatable bonds is 21. The fraction of sp³-hybridized carbons (Fsp3) is 0.596. The summed E-state index contributed by atoms with van der Waals surface area (Å²) in [7, 11) is -1.22. The van der Waals surface area contributed by atoms with E-state index in [4.69, 9.17) is 27.8 Å². The summed E-state index contributed by atoms with van der Waals surface area (Å²) >= 11 is 0. The normalized spacial score (nSPS) is 16.1. The molecule has 1 aromatic carbocycles. The van der Waals surface area contributed by atoms with E-state index >= 15 is 0 Å². The highest BCUT2D eigenvalue weighted by Crippen LogP contribution is 2.36. The van der Waals surface area contributed by atoms with Crippen LogP contribution in [0.2, 0.25) is 25.7 Å². The number of aryl methyl sites for hydroxylation is 1. The van der Waals surface area contributed by atoms with Gasteiger partial charge in [0.2, 0.25) is 0 Å². The number of carbonyl (C=O) groups excluding carboxylic acids is 1. The third-order valence-corrected chi connectivity index (χ3v) is 13.0. The molecule has 0 N–H and O–H groups in total. The summed E-state index contributed by atoms with van der Waals surface area (Å²) in [4.78, 5) is 39.9. The Morgan fingerprint density at radius 2 is 1.37 bits per heavy atom. The summed E-state index contributed by atoms with van der Waals surface area (Å²) in [6, 6.07) is 10.9. The van der Waals surface area contributed by atoms with Crippen molar-refractivity contribution < 1.29 is 32.6 Å². The van der Waals surface area contributed by atoms with Crippen LogP contribution in [0, 0.1) is 33.6 Å². The molecule has 0 aliphatic heterocycles. The van der Waals surface area contributed by atoms with Gasteiger partial charge in [-0.1, -0.05) is 97.6 Å². The van der Waals surface area contributed by atoms with Gasteiger partial charge < -0.3 is 27.8 Å². The number of ether oxygens (including phenoxy) is 4. The molecule has 0 unspecified atom stereocenters. The van der Waals surface area contributed by atoms with Crippen molar-refractivity contribution in [1.82, 2.24) is 0 Å². The molecule has 0 bridgehead atoms. The van der Waals surface area contributed by atoms with Crippen LogP contribution in [-0.2, 0) is 36.8 Å². The summed E-state index contributed by atoms with van der Waals surface area (Å²) in [5.41, 5.74) is 3.93. The lowest BCUT2D eigenvalue weighted by Crippen LogP contribution is -2.39. The molecule has 3 rings (SSSR count). The van der Waals surface area contributed by atoms with Crippen molar-refractivity contribution in [2.24, 2.45) is 5.92 Å². The average Bonchev–Trinajstić information content (AvgIpc) is 3.16. The summed E-state index contributed by atoms with van der Waals surface area (Å²) in [5, 5.41) is 0. The highest BCUT2D eigenvalue weighted by molar-refractivity contribution is 6.76. The molecule has 7 atom stereocenters. The van der Waals surface area contributed by atoms with E-state index in [0.29, 0.717) is 64.9 Å². The van der Waals surface area contributed by atoms with Crippen molar-refractivity contribution in [3.05, 3.63) is 113 Å². The maximum Gasteiger partial charge on any atom is 0.303 e. The van der Waals surface area contributed by atoms with Gasteiger partial charge in [-0.3, -0.25) is 14.4 Å². The Morgan fingerprint density at radius 1 is 0.789 bits per heavy atom. The van der Waals surface area contributed by atoms with E-state index in [9.17, 15) is 14.4 Å². The zero-order valence-corrected chi connectivity index (χ0v) is 38.4. The van der Waals surface area contributed by atoms with Gasteiger partial charge in [-0.15, -0.1) is 0 Å². The minimum Gasteiger partial charge on any atom is -0.465 e. The molecule has 0 saturated carbocycles. The van der Waals surface area contributed by atoms with Crippen molar-refractivity contribution in [2.45, 2.75) is 164 Å². The van der Waals surface area contributed by atoms with Crippen LogP contribution in [0.25, 0.3) is 0 Å². The quantitative estimate of drug-likeness (QED) is 0.0341. The second-order valence-corrected chi connectivity index (χ2v) is 22.7. The largest absolute Gasteiger partial charge is 0.465 e. The minimum atomic E-state index is -1.22. The fourth-order valence-corrected chi connectivity index (χ4v) is 8.54. The Morgan fingerprint density at radius 3 is 1.93 bits per heavy atom. The zero-order valence-electron chi connectivity index (χ0n) is 37.4. The van der Waals surface area contributed by atoms with Crippen LogP contribution >= 0.6 is 0 Å². The second-order valence-electron chi connectivity index (χ2n) is 17.1. The lowest BCUT2D eigenvalue weighted by Gasteiger charge is -2.35. The van der Waals surface area contributed by atoms with Crippen molar-refractivity contribution in [3.63, 3.8) is 0 Å². The summed E-state index contributed by atoms with van der Waals surface area (Å²) in [5.74, 6) is 0.638. The van der Waals surface area contributed by atoms with Crippen molar-refractivity contribution >= 4 is 14.0 Å². The van der Waals surface area contributed by atoms with Gasteiger partial charge in [0.25, 0.3) is 0 Å². The van der Waals surface area contributed by atoms with E-state index in [1.54, 1.807) is 20.8 Å². The third kappa shape index (κ3) is 12.7. The van der Waals surface area contributed by atoms with E-state index in [1.807, 2.05) is 84.9 Å². The highest BCUT2D eigenvalue weighted by atomic mass is 28.3. The summed E-state index contributed by atoms with van der Waals surface area (Å²) in [6.07, 6.45) is 1.87. The first-order valence-corrected chi connectivity index (χ1v) is 24.4. The number of hydrogen-bond donors (Lipinski definition) is 0. The first-order valence-electron chi connectivity index (χ1n) is 20.7. The van der Waals surface area contributed by atoms with Crippen LogP contribution in [0.4, 0.5) is 0 Å². The highest BCUT2D eigenvalue weighted by Gasteiger charge is 2.37. The lowest BCUT2D eigenvalue weighted by molar-refractivity contribution is -0.150.